The van der Waals surface area contributed by atoms with Crippen molar-refractivity contribution in [2.45, 2.75) is 50.6 Å². The highest BCUT2D eigenvalue weighted by atomic mass is 28.4. The zero-order chi connectivity index (χ0) is 23.9. The lowest BCUT2D eigenvalue weighted by atomic mass is 9.82. The smallest absolute Gasteiger partial charge is 0.250 e. The number of aliphatic hydroxyl groups is 2. The molecule has 0 spiro atoms. The number of rotatable bonds is 6. The summed E-state index contributed by atoms with van der Waals surface area (Å²) in [5, 5.41) is 23.0. The molecule has 2 atom stereocenters. The van der Waals surface area contributed by atoms with Crippen LogP contribution in [0.1, 0.15) is 38.0 Å². The molecule has 0 radical (unpaired) electrons. The lowest BCUT2D eigenvalue weighted by Crippen LogP contribution is -2.46. The first-order chi connectivity index (χ1) is 14.9. The lowest BCUT2D eigenvalue weighted by Gasteiger charge is -2.42. The van der Waals surface area contributed by atoms with Crippen molar-refractivity contribution in [2.75, 3.05) is 27.9 Å². The Morgan fingerprint density at radius 1 is 1.00 bits per heavy atom. The summed E-state index contributed by atoms with van der Waals surface area (Å²) in [5.41, 5.74) is -0.916. The SMILES string of the molecule is COc1ccc2c(c1)OC[C@@](O)(c1ccc(OC)c(OC)c1O[Si](C)(C)C(C)(C)C)[C@@H]2O. The van der Waals surface area contributed by atoms with Gasteiger partial charge in [0.25, 0.3) is 8.32 Å². The molecule has 3 rings (SSSR count). The minimum Gasteiger partial charge on any atom is -0.541 e. The Labute approximate surface area is 191 Å². The zero-order valence-electron chi connectivity index (χ0n) is 20.1. The van der Waals surface area contributed by atoms with E-state index in [0.29, 0.717) is 39.9 Å². The molecule has 0 saturated carbocycles. The Balaban J connectivity index is 2.18. The van der Waals surface area contributed by atoms with Crippen LogP contribution in [-0.2, 0) is 5.60 Å². The monoisotopic (exact) mass is 462 g/mol. The number of hydrogen-bond acceptors (Lipinski definition) is 7. The molecular formula is C24H34O7Si. The molecule has 1 heterocycles. The van der Waals surface area contributed by atoms with Gasteiger partial charge in [0.1, 0.15) is 24.2 Å². The van der Waals surface area contributed by atoms with Crippen LogP contribution in [-0.4, -0.2) is 46.5 Å². The van der Waals surface area contributed by atoms with Gasteiger partial charge in [0.15, 0.2) is 17.1 Å². The van der Waals surface area contributed by atoms with E-state index in [9.17, 15) is 10.2 Å². The maximum absolute atomic E-state index is 11.8. The van der Waals surface area contributed by atoms with Gasteiger partial charge in [-0.2, -0.15) is 0 Å². The van der Waals surface area contributed by atoms with E-state index in [1.165, 1.54) is 7.11 Å². The highest BCUT2D eigenvalue weighted by Crippen LogP contribution is 2.52. The Morgan fingerprint density at radius 2 is 1.69 bits per heavy atom. The van der Waals surface area contributed by atoms with Crippen LogP contribution in [0.5, 0.6) is 28.7 Å². The first-order valence-electron chi connectivity index (χ1n) is 10.5. The van der Waals surface area contributed by atoms with Gasteiger partial charge < -0.3 is 33.6 Å². The summed E-state index contributed by atoms with van der Waals surface area (Å²) in [4.78, 5) is 0. The van der Waals surface area contributed by atoms with Gasteiger partial charge >= 0.3 is 0 Å². The van der Waals surface area contributed by atoms with E-state index in [1.54, 1.807) is 44.6 Å². The standard InChI is InChI=1S/C24H34O7Si/c1-23(2,3)32(7,8)31-20-17(11-12-18(28-5)21(20)29-6)24(26)14-30-19-13-15(27-4)9-10-16(19)22(24)25/h9-13,22,25-26H,14H2,1-8H3/t22-,24-/m1/s1. The molecule has 0 bridgehead atoms. The summed E-state index contributed by atoms with van der Waals surface area (Å²) >= 11 is 0. The molecule has 0 aromatic heterocycles. The maximum atomic E-state index is 11.8. The van der Waals surface area contributed by atoms with Crippen molar-refractivity contribution < 1.29 is 33.6 Å². The van der Waals surface area contributed by atoms with E-state index in [1.807, 2.05) is 0 Å². The molecule has 1 aliphatic heterocycles. The van der Waals surface area contributed by atoms with Crippen LogP contribution < -0.4 is 23.4 Å². The van der Waals surface area contributed by atoms with Crippen molar-refractivity contribution in [3.8, 4) is 28.7 Å². The van der Waals surface area contributed by atoms with Gasteiger partial charge in [0.2, 0.25) is 5.75 Å². The van der Waals surface area contributed by atoms with Crippen LogP contribution in [0.2, 0.25) is 18.1 Å². The number of ether oxygens (including phenoxy) is 4. The largest absolute Gasteiger partial charge is 0.541 e. The third kappa shape index (κ3) is 4.02. The fraction of sp³-hybridized carbons (Fsp3) is 0.500. The molecule has 0 unspecified atom stereocenters. The minimum absolute atomic E-state index is 0.105. The normalized spacial score (nSPS) is 20.8. The Morgan fingerprint density at radius 3 is 2.25 bits per heavy atom. The second kappa shape index (κ2) is 8.50. The van der Waals surface area contributed by atoms with E-state index in [4.69, 9.17) is 23.4 Å². The maximum Gasteiger partial charge on any atom is 0.250 e. The summed E-state index contributed by atoms with van der Waals surface area (Å²) in [6.07, 6.45) is -1.25. The molecule has 0 aliphatic carbocycles. The number of hydrogen-bond donors (Lipinski definition) is 2. The van der Waals surface area contributed by atoms with Crippen LogP contribution in [0.25, 0.3) is 0 Å². The fourth-order valence-electron chi connectivity index (χ4n) is 3.49. The molecule has 0 amide bonds. The number of benzene rings is 2. The van der Waals surface area contributed by atoms with E-state index in [-0.39, 0.29) is 11.6 Å². The molecule has 7 nitrogen and oxygen atoms in total. The number of fused-ring (bicyclic) bond motifs is 1. The first-order valence-corrected chi connectivity index (χ1v) is 13.5. The highest BCUT2D eigenvalue weighted by Gasteiger charge is 2.48. The average Bonchev–Trinajstić information content (AvgIpc) is 2.74. The van der Waals surface area contributed by atoms with Crippen molar-refractivity contribution in [3.63, 3.8) is 0 Å². The van der Waals surface area contributed by atoms with Gasteiger partial charge in [-0.25, -0.2) is 0 Å². The topological polar surface area (TPSA) is 86.6 Å². The molecular weight excluding hydrogens is 428 g/mol. The third-order valence-corrected chi connectivity index (χ3v) is 10.9. The highest BCUT2D eigenvalue weighted by molar-refractivity contribution is 6.74. The molecule has 2 aromatic carbocycles. The average molecular weight is 463 g/mol. The van der Waals surface area contributed by atoms with Gasteiger partial charge in [-0.3, -0.25) is 0 Å². The number of aliphatic hydroxyl groups excluding tert-OH is 1. The summed E-state index contributed by atoms with van der Waals surface area (Å²) in [6, 6.07) is 8.50. The molecule has 176 valence electrons. The van der Waals surface area contributed by atoms with Crippen LogP contribution in [0.3, 0.4) is 0 Å². The molecule has 2 aromatic rings. The second-order valence-electron chi connectivity index (χ2n) is 9.56. The minimum atomic E-state index is -2.35. The van der Waals surface area contributed by atoms with Crippen LogP contribution in [0, 0.1) is 0 Å². The Kier molecular flexibility index (Phi) is 6.43. The van der Waals surface area contributed by atoms with Gasteiger partial charge in [-0.1, -0.05) is 20.8 Å². The predicted molar refractivity (Wildman–Crippen MR) is 125 cm³/mol. The quantitative estimate of drug-likeness (QED) is 0.615. The molecule has 8 heteroatoms. The molecule has 32 heavy (non-hydrogen) atoms. The van der Waals surface area contributed by atoms with Crippen molar-refractivity contribution in [1.29, 1.82) is 0 Å². The molecule has 1 aliphatic rings. The van der Waals surface area contributed by atoms with Crippen LogP contribution in [0.15, 0.2) is 30.3 Å². The van der Waals surface area contributed by atoms with E-state index < -0.39 is 20.0 Å². The van der Waals surface area contributed by atoms with E-state index in [0.717, 1.165) is 0 Å². The lowest BCUT2D eigenvalue weighted by molar-refractivity contribution is -0.122. The summed E-state index contributed by atoms with van der Waals surface area (Å²) in [6.45, 7) is 10.4. The third-order valence-electron chi connectivity index (χ3n) is 6.55. The predicted octanol–water partition coefficient (Wildman–Crippen LogP) is 4.41. The van der Waals surface area contributed by atoms with E-state index in [2.05, 4.69) is 33.9 Å². The van der Waals surface area contributed by atoms with E-state index >= 15 is 0 Å². The summed E-state index contributed by atoms with van der Waals surface area (Å²) in [5.74, 6) is 2.28. The first kappa shape index (κ1) is 24.2. The molecule has 0 saturated heterocycles. The Bertz CT molecular complexity index is 983. The molecule has 0 fully saturated rings. The van der Waals surface area contributed by atoms with Gasteiger partial charge in [-0.05, 0) is 42.4 Å². The van der Waals surface area contributed by atoms with Gasteiger partial charge in [0.05, 0.1) is 21.3 Å². The zero-order valence-corrected chi connectivity index (χ0v) is 21.1. The number of methoxy groups -OCH3 is 3. The van der Waals surface area contributed by atoms with Crippen LogP contribution in [0.4, 0.5) is 0 Å². The van der Waals surface area contributed by atoms with Crippen molar-refractivity contribution in [2.24, 2.45) is 0 Å². The van der Waals surface area contributed by atoms with Gasteiger partial charge in [0, 0.05) is 17.2 Å². The fourth-order valence-corrected chi connectivity index (χ4v) is 4.51. The van der Waals surface area contributed by atoms with Crippen molar-refractivity contribution in [1.82, 2.24) is 0 Å². The summed E-state index contributed by atoms with van der Waals surface area (Å²) in [7, 11) is 2.29. The van der Waals surface area contributed by atoms with Crippen molar-refractivity contribution >= 4 is 8.32 Å². The molecule has 2 N–H and O–H groups in total. The second-order valence-corrected chi connectivity index (χ2v) is 14.3. The van der Waals surface area contributed by atoms with Crippen molar-refractivity contribution in [3.05, 3.63) is 41.5 Å². The van der Waals surface area contributed by atoms with Gasteiger partial charge in [-0.15, -0.1) is 0 Å². The Hall–Kier alpha value is -2.42. The van der Waals surface area contributed by atoms with Crippen LogP contribution >= 0.6 is 0 Å². The summed E-state index contributed by atoms with van der Waals surface area (Å²) < 4.78 is 28.9.